The Morgan fingerprint density at radius 1 is 1.50 bits per heavy atom. The molecule has 1 saturated carbocycles. The Kier molecular flexibility index (Phi) is 2.67. The van der Waals surface area contributed by atoms with Crippen molar-refractivity contribution < 1.29 is 0 Å². The summed E-state index contributed by atoms with van der Waals surface area (Å²) in [6.45, 7) is 7.87. The summed E-state index contributed by atoms with van der Waals surface area (Å²) >= 11 is 1.90. The highest BCUT2D eigenvalue weighted by molar-refractivity contribution is 7.10. The predicted molar refractivity (Wildman–Crippen MR) is 62.9 cm³/mol. The minimum atomic E-state index is 0.266. The van der Waals surface area contributed by atoms with Crippen LogP contribution in [0.1, 0.15) is 38.0 Å². The van der Waals surface area contributed by atoms with E-state index in [9.17, 15) is 0 Å². The maximum atomic E-state index is 3.58. The third-order valence-electron chi connectivity index (χ3n) is 2.73. The zero-order valence-corrected chi connectivity index (χ0v) is 10.0. The largest absolute Gasteiger partial charge is 0.312 e. The normalized spacial score (nSPS) is 26.5. The van der Waals surface area contributed by atoms with E-state index in [0.717, 1.165) is 11.8 Å². The van der Waals surface area contributed by atoms with Gasteiger partial charge < -0.3 is 5.32 Å². The van der Waals surface area contributed by atoms with Crippen molar-refractivity contribution in [3.8, 4) is 0 Å². The molecule has 78 valence electrons. The highest BCUT2D eigenvalue weighted by Gasteiger charge is 2.38. The molecule has 1 fully saturated rings. The van der Waals surface area contributed by atoms with Gasteiger partial charge in [0.05, 0.1) is 0 Å². The first-order chi connectivity index (χ1) is 6.56. The third-order valence-corrected chi connectivity index (χ3v) is 3.73. The van der Waals surface area contributed by atoms with Crippen LogP contribution in [-0.4, -0.2) is 12.1 Å². The topological polar surface area (TPSA) is 12.0 Å². The first kappa shape index (κ1) is 10.2. The average Bonchev–Trinajstić information content (AvgIpc) is 2.65. The van der Waals surface area contributed by atoms with Gasteiger partial charge in [-0.1, -0.05) is 6.07 Å². The number of hydrogen-bond acceptors (Lipinski definition) is 2. The van der Waals surface area contributed by atoms with Gasteiger partial charge in [0, 0.05) is 10.4 Å². The lowest BCUT2D eigenvalue weighted by atomic mass is 10.1. The molecule has 1 aliphatic carbocycles. The van der Waals surface area contributed by atoms with Crippen LogP contribution < -0.4 is 5.32 Å². The van der Waals surface area contributed by atoms with Gasteiger partial charge >= 0.3 is 0 Å². The van der Waals surface area contributed by atoms with Crippen molar-refractivity contribution in [3.63, 3.8) is 0 Å². The van der Waals surface area contributed by atoms with Crippen LogP contribution >= 0.6 is 11.3 Å². The highest BCUT2D eigenvalue weighted by atomic mass is 32.1. The van der Waals surface area contributed by atoms with E-state index in [-0.39, 0.29) is 5.54 Å². The van der Waals surface area contributed by atoms with Crippen LogP contribution in [0.4, 0.5) is 0 Å². The summed E-state index contributed by atoms with van der Waals surface area (Å²) in [5.41, 5.74) is 0.266. The summed E-state index contributed by atoms with van der Waals surface area (Å²) in [5.74, 6) is 1.73. The smallest absolute Gasteiger partial charge is 0.00966 e. The molecule has 1 aliphatic rings. The summed E-state index contributed by atoms with van der Waals surface area (Å²) in [4.78, 5) is 1.57. The van der Waals surface area contributed by atoms with Gasteiger partial charge in [-0.05, 0) is 57.0 Å². The van der Waals surface area contributed by atoms with Crippen LogP contribution in [-0.2, 0) is 0 Å². The SMILES string of the molecule is CC(C)(C)NCC1CC1c1cccs1. The van der Waals surface area contributed by atoms with Crippen LogP contribution in [0.5, 0.6) is 0 Å². The third kappa shape index (κ3) is 2.58. The first-order valence-corrected chi connectivity index (χ1v) is 6.23. The summed E-state index contributed by atoms with van der Waals surface area (Å²) < 4.78 is 0. The molecule has 0 aromatic carbocycles. The van der Waals surface area contributed by atoms with Gasteiger partial charge in [0.25, 0.3) is 0 Å². The van der Waals surface area contributed by atoms with Crippen molar-refractivity contribution >= 4 is 11.3 Å². The Hall–Kier alpha value is -0.340. The second kappa shape index (κ2) is 3.67. The molecule has 1 nitrogen and oxygen atoms in total. The van der Waals surface area contributed by atoms with Gasteiger partial charge in [0.2, 0.25) is 0 Å². The number of hydrogen-bond donors (Lipinski definition) is 1. The van der Waals surface area contributed by atoms with E-state index >= 15 is 0 Å². The summed E-state index contributed by atoms with van der Waals surface area (Å²) in [6, 6.07) is 4.43. The Balaban J connectivity index is 1.78. The van der Waals surface area contributed by atoms with E-state index < -0.39 is 0 Å². The van der Waals surface area contributed by atoms with Gasteiger partial charge in [0.1, 0.15) is 0 Å². The molecule has 1 heterocycles. The Labute approximate surface area is 90.5 Å². The molecular weight excluding hydrogens is 190 g/mol. The van der Waals surface area contributed by atoms with E-state index in [1.807, 2.05) is 11.3 Å². The van der Waals surface area contributed by atoms with E-state index in [1.165, 1.54) is 13.0 Å². The summed E-state index contributed by atoms with van der Waals surface area (Å²) in [6.07, 6.45) is 1.38. The van der Waals surface area contributed by atoms with E-state index in [4.69, 9.17) is 0 Å². The van der Waals surface area contributed by atoms with E-state index in [0.29, 0.717) is 0 Å². The summed E-state index contributed by atoms with van der Waals surface area (Å²) in [7, 11) is 0. The van der Waals surface area contributed by atoms with Crippen molar-refractivity contribution in [1.82, 2.24) is 5.32 Å². The van der Waals surface area contributed by atoms with E-state index in [1.54, 1.807) is 4.88 Å². The van der Waals surface area contributed by atoms with Crippen molar-refractivity contribution in [2.45, 2.75) is 38.6 Å². The summed E-state index contributed by atoms with van der Waals surface area (Å²) in [5, 5.41) is 5.76. The van der Waals surface area contributed by atoms with Crippen molar-refractivity contribution in [3.05, 3.63) is 22.4 Å². The van der Waals surface area contributed by atoms with Crippen molar-refractivity contribution in [2.24, 2.45) is 5.92 Å². The molecule has 1 N–H and O–H groups in total. The molecule has 2 unspecified atom stereocenters. The molecule has 0 saturated heterocycles. The predicted octanol–water partition coefficient (Wildman–Crippen LogP) is 3.24. The zero-order valence-electron chi connectivity index (χ0n) is 9.21. The quantitative estimate of drug-likeness (QED) is 0.806. The number of rotatable bonds is 3. The minimum absolute atomic E-state index is 0.266. The fourth-order valence-corrected chi connectivity index (χ4v) is 2.70. The van der Waals surface area contributed by atoms with Gasteiger partial charge in [-0.25, -0.2) is 0 Å². The molecule has 0 spiro atoms. The zero-order chi connectivity index (χ0) is 10.2. The van der Waals surface area contributed by atoms with Crippen LogP contribution in [0, 0.1) is 5.92 Å². The number of thiophene rings is 1. The standard InChI is InChI=1S/C12H19NS/c1-12(2,3)13-8-9-7-10(9)11-5-4-6-14-11/h4-6,9-10,13H,7-8H2,1-3H3. The van der Waals surface area contributed by atoms with Crippen LogP contribution in [0.15, 0.2) is 17.5 Å². The fraction of sp³-hybridized carbons (Fsp3) is 0.667. The molecule has 2 heteroatoms. The first-order valence-electron chi connectivity index (χ1n) is 5.35. The lowest BCUT2D eigenvalue weighted by molar-refractivity contribution is 0.414. The molecule has 1 aromatic heterocycles. The van der Waals surface area contributed by atoms with Crippen LogP contribution in [0.25, 0.3) is 0 Å². The average molecular weight is 209 g/mol. The molecule has 1 aromatic rings. The Bertz CT molecular complexity index is 284. The Morgan fingerprint density at radius 3 is 2.86 bits per heavy atom. The minimum Gasteiger partial charge on any atom is -0.312 e. The monoisotopic (exact) mass is 209 g/mol. The van der Waals surface area contributed by atoms with Gasteiger partial charge in [-0.15, -0.1) is 11.3 Å². The number of nitrogens with one attached hydrogen (secondary N) is 1. The van der Waals surface area contributed by atoms with Crippen LogP contribution in [0.3, 0.4) is 0 Å². The van der Waals surface area contributed by atoms with Gasteiger partial charge in [0.15, 0.2) is 0 Å². The highest BCUT2D eigenvalue weighted by Crippen LogP contribution is 2.48. The van der Waals surface area contributed by atoms with Gasteiger partial charge in [-0.2, -0.15) is 0 Å². The molecule has 0 bridgehead atoms. The lowest BCUT2D eigenvalue weighted by Crippen LogP contribution is -2.37. The van der Waals surface area contributed by atoms with Gasteiger partial charge in [-0.3, -0.25) is 0 Å². The maximum absolute atomic E-state index is 3.58. The lowest BCUT2D eigenvalue weighted by Gasteiger charge is -2.20. The molecule has 0 aliphatic heterocycles. The van der Waals surface area contributed by atoms with Crippen molar-refractivity contribution in [1.29, 1.82) is 0 Å². The molecular formula is C12H19NS. The maximum Gasteiger partial charge on any atom is 0.00966 e. The molecule has 2 rings (SSSR count). The fourth-order valence-electron chi connectivity index (χ4n) is 1.76. The second-order valence-corrected chi connectivity index (χ2v) is 6.23. The molecule has 14 heavy (non-hydrogen) atoms. The Morgan fingerprint density at radius 2 is 2.29 bits per heavy atom. The molecule has 0 amide bonds. The molecule has 0 radical (unpaired) electrons. The van der Waals surface area contributed by atoms with E-state index in [2.05, 4.69) is 43.6 Å². The second-order valence-electron chi connectivity index (χ2n) is 5.25. The van der Waals surface area contributed by atoms with Crippen LogP contribution in [0.2, 0.25) is 0 Å². The van der Waals surface area contributed by atoms with Crippen molar-refractivity contribution in [2.75, 3.05) is 6.54 Å². The molecule has 2 atom stereocenters.